The summed E-state index contributed by atoms with van der Waals surface area (Å²) in [6.45, 7) is 2.50. The molecular formula is C24H25N5O5S. The number of piperazine rings is 1. The van der Waals surface area contributed by atoms with Crippen molar-refractivity contribution in [1.29, 1.82) is 0 Å². The molecule has 2 aromatic carbocycles. The predicted octanol–water partition coefficient (Wildman–Crippen LogP) is 1.96. The van der Waals surface area contributed by atoms with Gasteiger partial charge in [0.05, 0.1) is 24.0 Å². The van der Waals surface area contributed by atoms with Gasteiger partial charge in [0.1, 0.15) is 0 Å². The zero-order chi connectivity index (χ0) is 24.8. The number of carbonyl (C=O) groups is 2. The number of hydrogen-bond donors (Lipinski definition) is 1. The van der Waals surface area contributed by atoms with Crippen LogP contribution >= 0.6 is 0 Å². The minimum Gasteiger partial charge on any atom is -0.465 e. The van der Waals surface area contributed by atoms with E-state index in [2.05, 4.69) is 19.4 Å². The van der Waals surface area contributed by atoms with Crippen molar-refractivity contribution < 1.29 is 22.7 Å². The Hall–Kier alpha value is -3.99. The van der Waals surface area contributed by atoms with Crippen LogP contribution in [0, 0.1) is 0 Å². The van der Waals surface area contributed by atoms with Crippen LogP contribution in [0.1, 0.15) is 15.9 Å². The SMILES string of the molecule is COC(=O)c1ccc(S(=O)(=O)Nc2ccc(CC(=O)N3CCN(c4ncccn4)CC3)cc2)cc1. The molecule has 1 aliphatic rings. The number of amides is 1. The second-order valence-corrected chi connectivity index (χ2v) is 9.59. The van der Waals surface area contributed by atoms with Crippen LogP contribution in [0.15, 0.2) is 71.9 Å². The molecule has 182 valence electrons. The first-order valence-corrected chi connectivity index (χ1v) is 12.4. The molecule has 1 fully saturated rings. The standard InChI is InChI=1S/C24H25N5O5S/c1-34-23(31)19-5-9-21(10-6-19)35(32,33)27-20-7-3-18(4-8-20)17-22(30)28-13-15-29(16-14-28)24-25-11-2-12-26-24/h2-12,27H,13-17H2,1H3. The summed E-state index contributed by atoms with van der Waals surface area (Å²) in [7, 11) is -2.58. The van der Waals surface area contributed by atoms with Crippen molar-refractivity contribution in [2.45, 2.75) is 11.3 Å². The van der Waals surface area contributed by atoms with E-state index in [0.29, 0.717) is 37.8 Å². The monoisotopic (exact) mass is 495 g/mol. The van der Waals surface area contributed by atoms with Gasteiger partial charge >= 0.3 is 5.97 Å². The smallest absolute Gasteiger partial charge is 0.337 e. The van der Waals surface area contributed by atoms with Gasteiger partial charge < -0.3 is 14.5 Å². The van der Waals surface area contributed by atoms with Crippen LogP contribution in [0.4, 0.5) is 11.6 Å². The molecule has 0 bridgehead atoms. The third-order valence-electron chi connectivity index (χ3n) is 5.61. The largest absolute Gasteiger partial charge is 0.465 e. The minimum atomic E-state index is -3.84. The van der Waals surface area contributed by atoms with Gasteiger partial charge in [0.2, 0.25) is 11.9 Å². The van der Waals surface area contributed by atoms with Crippen LogP contribution in [0.3, 0.4) is 0 Å². The lowest BCUT2D eigenvalue weighted by molar-refractivity contribution is -0.130. The molecule has 0 aliphatic carbocycles. The minimum absolute atomic E-state index is 0.0117. The number of anilines is 2. The van der Waals surface area contributed by atoms with Crippen LogP contribution in [-0.2, 0) is 26.0 Å². The number of rotatable bonds is 7. The molecule has 0 spiro atoms. The Morgan fingerprint density at radius 1 is 0.943 bits per heavy atom. The highest BCUT2D eigenvalue weighted by atomic mass is 32.2. The Kier molecular flexibility index (Phi) is 7.25. The van der Waals surface area contributed by atoms with E-state index in [4.69, 9.17) is 0 Å². The van der Waals surface area contributed by atoms with Gasteiger partial charge in [-0.05, 0) is 48.0 Å². The number of sulfonamides is 1. The zero-order valence-corrected chi connectivity index (χ0v) is 19.9. The van der Waals surface area contributed by atoms with Gasteiger partial charge in [0, 0.05) is 44.3 Å². The van der Waals surface area contributed by atoms with E-state index in [-0.39, 0.29) is 22.8 Å². The third-order valence-corrected chi connectivity index (χ3v) is 7.01. The van der Waals surface area contributed by atoms with Gasteiger partial charge in [-0.3, -0.25) is 9.52 Å². The highest BCUT2D eigenvalue weighted by Crippen LogP contribution is 2.18. The molecule has 4 rings (SSSR count). The number of ether oxygens (including phenoxy) is 1. The summed E-state index contributed by atoms with van der Waals surface area (Å²) in [6, 6.07) is 13.9. The molecule has 1 saturated heterocycles. The van der Waals surface area contributed by atoms with E-state index in [1.165, 1.54) is 31.4 Å². The van der Waals surface area contributed by atoms with Gasteiger partial charge in [-0.15, -0.1) is 0 Å². The van der Waals surface area contributed by atoms with Gasteiger partial charge in [0.25, 0.3) is 10.0 Å². The maximum Gasteiger partial charge on any atom is 0.337 e. The highest BCUT2D eigenvalue weighted by molar-refractivity contribution is 7.92. The molecule has 35 heavy (non-hydrogen) atoms. The van der Waals surface area contributed by atoms with Crippen molar-refractivity contribution >= 4 is 33.5 Å². The summed E-state index contributed by atoms with van der Waals surface area (Å²) < 4.78 is 32.4. The predicted molar refractivity (Wildman–Crippen MR) is 130 cm³/mol. The summed E-state index contributed by atoms with van der Waals surface area (Å²) in [6.07, 6.45) is 3.62. The normalized spacial score (nSPS) is 13.9. The maximum absolute atomic E-state index is 12.7. The fraction of sp³-hybridized carbons (Fsp3) is 0.250. The van der Waals surface area contributed by atoms with Crippen molar-refractivity contribution in [3.63, 3.8) is 0 Å². The molecule has 1 amide bonds. The van der Waals surface area contributed by atoms with Crippen LogP contribution in [0.25, 0.3) is 0 Å². The molecule has 3 aromatic rings. The van der Waals surface area contributed by atoms with Gasteiger partial charge in [-0.2, -0.15) is 0 Å². The number of carbonyl (C=O) groups excluding carboxylic acids is 2. The van der Waals surface area contributed by atoms with Gasteiger partial charge in [0.15, 0.2) is 0 Å². The van der Waals surface area contributed by atoms with Crippen molar-refractivity contribution in [1.82, 2.24) is 14.9 Å². The highest BCUT2D eigenvalue weighted by Gasteiger charge is 2.22. The molecule has 1 aliphatic heterocycles. The molecule has 11 heteroatoms. The van der Waals surface area contributed by atoms with E-state index in [1.54, 1.807) is 42.7 Å². The van der Waals surface area contributed by atoms with E-state index in [9.17, 15) is 18.0 Å². The van der Waals surface area contributed by atoms with Crippen LogP contribution in [0.5, 0.6) is 0 Å². The fourth-order valence-corrected chi connectivity index (χ4v) is 4.75. The molecule has 2 heterocycles. The Morgan fingerprint density at radius 2 is 1.57 bits per heavy atom. The summed E-state index contributed by atoms with van der Waals surface area (Å²) in [4.78, 5) is 36.6. The Labute approximate surface area is 203 Å². The summed E-state index contributed by atoms with van der Waals surface area (Å²) >= 11 is 0. The average molecular weight is 496 g/mol. The van der Waals surface area contributed by atoms with Crippen molar-refractivity contribution in [3.8, 4) is 0 Å². The van der Waals surface area contributed by atoms with Crippen LogP contribution < -0.4 is 9.62 Å². The number of benzene rings is 2. The second-order valence-electron chi connectivity index (χ2n) is 7.91. The molecule has 1 aromatic heterocycles. The van der Waals surface area contributed by atoms with Crippen molar-refractivity contribution in [3.05, 3.63) is 78.1 Å². The van der Waals surface area contributed by atoms with Gasteiger partial charge in [-0.1, -0.05) is 12.1 Å². The van der Waals surface area contributed by atoms with Gasteiger partial charge in [-0.25, -0.2) is 23.2 Å². The molecule has 0 saturated carbocycles. The average Bonchev–Trinajstić information content (AvgIpc) is 2.90. The Morgan fingerprint density at radius 3 is 2.17 bits per heavy atom. The third kappa shape index (κ3) is 5.93. The second kappa shape index (κ2) is 10.5. The quantitative estimate of drug-likeness (QED) is 0.494. The summed E-state index contributed by atoms with van der Waals surface area (Å²) in [5.74, 6) is 0.133. The number of methoxy groups -OCH3 is 1. The molecule has 10 nitrogen and oxygen atoms in total. The lowest BCUT2D eigenvalue weighted by Gasteiger charge is -2.34. The maximum atomic E-state index is 12.7. The van der Waals surface area contributed by atoms with Crippen molar-refractivity contribution in [2.75, 3.05) is 42.9 Å². The zero-order valence-electron chi connectivity index (χ0n) is 19.1. The number of nitrogens with zero attached hydrogens (tertiary/aromatic N) is 4. The molecular weight excluding hydrogens is 470 g/mol. The first-order chi connectivity index (χ1) is 16.9. The number of hydrogen-bond acceptors (Lipinski definition) is 8. The molecule has 1 N–H and O–H groups in total. The van der Waals surface area contributed by atoms with Crippen LogP contribution in [-0.4, -0.2) is 68.5 Å². The Balaban J connectivity index is 1.31. The lowest BCUT2D eigenvalue weighted by Crippen LogP contribution is -2.49. The lowest BCUT2D eigenvalue weighted by atomic mass is 10.1. The van der Waals surface area contributed by atoms with E-state index >= 15 is 0 Å². The van der Waals surface area contributed by atoms with E-state index in [1.807, 2.05) is 9.80 Å². The topological polar surface area (TPSA) is 122 Å². The summed E-state index contributed by atoms with van der Waals surface area (Å²) in [5, 5.41) is 0. The summed E-state index contributed by atoms with van der Waals surface area (Å²) in [5.41, 5.74) is 1.42. The first kappa shape index (κ1) is 24.1. The first-order valence-electron chi connectivity index (χ1n) is 11.0. The van der Waals surface area contributed by atoms with E-state index in [0.717, 1.165) is 5.56 Å². The van der Waals surface area contributed by atoms with Crippen LogP contribution in [0.2, 0.25) is 0 Å². The molecule has 0 unspecified atom stereocenters. The van der Waals surface area contributed by atoms with E-state index < -0.39 is 16.0 Å². The molecule has 0 radical (unpaired) electrons. The number of nitrogens with one attached hydrogen (secondary N) is 1. The van der Waals surface area contributed by atoms with Crippen molar-refractivity contribution in [2.24, 2.45) is 0 Å². The number of esters is 1. The molecule has 0 atom stereocenters. The fourth-order valence-electron chi connectivity index (χ4n) is 3.69. The number of aromatic nitrogens is 2. The Bertz CT molecular complexity index is 1270.